The number of hydrogen-bond acceptors (Lipinski definition) is 5. The van der Waals surface area contributed by atoms with E-state index in [0.29, 0.717) is 16.6 Å². The zero-order chi connectivity index (χ0) is 14.5. The molecule has 0 saturated carbocycles. The Bertz CT molecular complexity index is 727. The van der Waals surface area contributed by atoms with Crippen LogP contribution in [-0.4, -0.2) is 29.1 Å². The topological polar surface area (TPSA) is 101 Å². The van der Waals surface area contributed by atoms with Gasteiger partial charge >= 0.3 is 5.97 Å². The van der Waals surface area contributed by atoms with Crippen molar-refractivity contribution in [3.8, 4) is 12.1 Å². The van der Waals surface area contributed by atoms with E-state index in [1.165, 1.54) is 11.0 Å². The van der Waals surface area contributed by atoms with Crippen LogP contribution in [0.3, 0.4) is 0 Å². The molecule has 1 aromatic heterocycles. The van der Waals surface area contributed by atoms with Gasteiger partial charge in [-0.15, -0.1) is 0 Å². The van der Waals surface area contributed by atoms with E-state index in [-0.39, 0.29) is 18.8 Å². The molecule has 1 aromatic carbocycles. The number of rotatable bonds is 4. The molecule has 0 radical (unpaired) electrons. The Hall–Kier alpha value is -3.12. The first kappa shape index (κ1) is 13.3. The summed E-state index contributed by atoms with van der Waals surface area (Å²) in [5, 5.41) is 27.5. The predicted octanol–water partition coefficient (Wildman–Crippen LogP) is 1.79. The van der Waals surface area contributed by atoms with E-state index in [0.717, 1.165) is 0 Å². The molecule has 0 amide bonds. The third kappa shape index (κ3) is 2.50. The number of aromatic nitrogens is 1. The largest absolute Gasteiger partial charge is 0.477 e. The van der Waals surface area contributed by atoms with Crippen molar-refractivity contribution in [1.82, 2.24) is 4.98 Å². The van der Waals surface area contributed by atoms with Gasteiger partial charge in [-0.3, -0.25) is 0 Å². The van der Waals surface area contributed by atoms with Gasteiger partial charge in [0.1, 0.15) is 13.1 Å². The molecule has 0 spiro atoms. The predicted molar refractivity (Wildman–Crippen MR) is 72.1 cm³/mol. The van der Waals surface area contributed by atoms with Gasteiger partial charge in [-0.1, -0.05) is 18.2 Å². The van der Waals surface area contributed by atoms with Crippen molar-refractivity contribution in [3.05, 3.63) is 36.0 Å². The summed E-state index contributed by atoms with van der Waals surface area (Å²) in [5.41, 5.74) is 0.930. The van der Waals surface area contributed by atoms with Crippen molar-refractivity contribution >= 4 is 22.6 Å². The summed E-state index contributed by atoms with van der Waals surface area (Å²) >= 11 is 0. The smallest absolute Gasteiger partial charge is 0.354 e. The van der Waals surface area contributed by atoms with E-state index in [1.54, 1.807) is 24.3 Å². The molecule has 0 aliphatic heterocycles. The lowest BCUT2D eigenvalue weighted by Crippen LogP contribution is -2.24. The lowest BCUT2D eigenvalue weighted by molar-refractivity contribution is 0.0691. The van der Waals surface area contributed by atoms with Gasteiger partial charge in [0.25, 0.3) is 0 Å². The molecule has 98 valence electrons. The highest BCUT2D eigenvalue weighted by molar-refractivity contribution is 5.97. The Morgan fingerprint density at radius 3 is 2.50 bits per heavy atom. The summed E-state index contributed by atoms with van der Waals surface area (Å²) in [6, 6.07) is 12.4. The molecule has 2 rings (SSSR count). The minimum atomic E-state index is -1.15. The minimum absolute atomic E-state index is 0.000622. The highest BCUT2D eigenvalue weighted by Crippen LogP contribution is 2.26. The molecule has 0 aliphatic rings. The summed E-state index contributed by atoms with van der Waals surface area (Å²) in [7, 11) is 0. The molecule has 0 aliphatic carbocycles. The van der Waals surface area contributed by atoms with Gasteiger partial charge in [-0.05, 0) is 12.1 Å². The summed E-state index contributed by atoms with van der Waals surface area (Å²) in [5.74, 6) is -1.15. The van der Waals surface area contributed by atoms with Crippen LogP contribution >= 0.6 is 0 Å². The number of nitriles is 2. The minimum Gasteiger partial charge on any atom is -0.477 e. The van der Waals surface area contributed by atoms with Crippen LogP contribution in [0.25, 0.3) is 10.9 Å². The van der Waals surface area contributed by atoms with Gasteiger partial charge in [0.15, 0.2) is 5.69 Å². The van der Waals surface area contributed by atoms with Crippen LogP contribution in [-0.2, 0) is 0 Å². The van der Waals surface area contributed by atoms with Crippen LogP contribution in [0, 0.1) is 22.7 Å². The quantitative estimate of drug-likeness (QED) is 0.846. The van der Waals surface area contributed by atoms with Crippen LogP contribution in [0.2, 0.25) is 0 Å². The van der Waals surface area contributed by atoms with Crippen molar-refractivity contribution in [2.75, 3.05) is 18.0 Å². The number of anilines is 1. The molecule has 0 unspecified atom stereocenters. The van der Waals surface area contributed by atoms with E-state index >= 15 is 0 Å². The average molecular weight is 266 g/mol. The average Bonchev–Trinajstić information content (AvgIpc) is 2.46. The van der Waals surface area contributed by atoms with Crippen molar-refractivity contribution in [1.29, 1.82) is 10.5 Å². The highest BCUT2D eigenvalue weighted by atomic mass is 16.4. The molecule has 6 heteroatoms. The van der Waals surface area contributed by atoms with Gasteiger partial charge in [-0.2, -0.15) is 10.5 Å². The van der Waals surface area contributed by atoms with Crippen molar-refractivity contribution in [2.24, 2.45) is 0 Å². The fraction of sp³-hybridized carbons (Fsp3) is 0.143. The third-order valence-corrected chi connectivity index (χ3v) is 2.78. The molecule has 20 heavy (non-hydrogen) atoms. The van der Waals surface area contributed by atoms with Crippen molar-refractivity contribution in [2.45, 2.75) is 0 Å². The molecule has 0 atom stereocenters. The molecule has 0 bridgehead atoms. The van der Waals surface area contributed by atoms with Gasteiger partial charge in [0.2, 0.25) is 0 Å². The number of nitrogens with zero attached hydrogens (tertiary/aromatic N) is 4. The van der Waals surface area contributed by atoms with Crippen LogP contribution in [0.4, 0.5) is 5.69 Å². The summed E-state index contributed by atoms with van der Waals surface area (Å²) in [6.45, 7) is 0.00124. The zero-order valence-corrected chi connectivity index (χ0v) is 10.4. The van der Waals surface area contributed by atoms with Crippen LogP contribution in [0.1, 0.15) is 10.5 Å². The Kier molecular flexibility index (Phi) is 3.78. The first-order valence-electron chi connectivity index (χ1n) is 5.79. The first-order valence-corrected chi connectivity index (χ1v) is 5.79. The fourth-order valence-corrected chi connectivity index (χ4v) is 1.93. The molecule has 1 heterocycles. The zero-order valence-electron chi connectivity index (χ0n) is 10.4. The Morgan fingerprint density at radius 1 is 1.25 bits per heavy atom. The molecule has 0 saturated heterocycles. The number of hydrogen-bond donors (Lipinski definition) is 1. The maximum atomic E-state index is 11.1. The molecular formula is C14H10N4O2. The monoisotopic (exact) mass is 266 g/mol. The number of pyridine rings is 1. The molecule has 2 aromatic rings. The lowest BCUT2D eigenvalue weighted by atomic mass is 10.1. The van der Waals surface area contributed by atoms with Gasteiger partial charge < -0.3 is 10.0 Å². The fourth-order valence-electron chi connectivity index (χ4n) is 1.93. The summed E-state index contributed by atoms with van der Waals surface area (Å²) in [6.07, 6.45) is 0. The van der Waals surface area contributed by atoms with E-state index in [1.807, 2.05) is 12.1 Å². The number of carbonyl (C=O) groups is 1. The molecular weight excluding hydrogens is 256 g/mol. The SMILES string of the molecule is N#CCN(CC#N)c1cc(C(=O)O)nc2ccccc12. The Morgan fingerprint density at radius 2 is 1.90 bits per heavy atom. The first-order chi connectivity index (χ1) is 9.67. The highest BCUT2D eigenvalue weighted by Gasteiger charge is 2.15. The van der Waals surface area contributed by atoms with E-state index in [2.05, 4.69) is 4.98 Å². The number of benzene rings is 1. The molecule has 1 N–H and O–H groups in total. The van der Waals surface area contributed by atoms with Gasteiger partial charge in [0, 0.05) is 5.39 Å². The van der Waals surface area contributed by atoms with Crippen LogP contribution in [0.5, 0.6) is 0 Å². The number of carboxylic acid groups (broad SMARTS) is 1. The van der Waals surface area contributed by atoms with Crippen LogP contribution < -0.4 is 4.90 Å². The number of carboxylic acids is 1. The summed E-state index contributed by atoms with van der Waals surface area (Å²) < 4.78 is 0. The normalized spacial score (nSPS) is 9.70. The number of aromatic carboxylic acids is 1. The van der Waals surface area contributed by atoms with Gasteiger partial charge in [0.05, 0.1) is 23.3 Å². The maximum Gasteiger partial charge on any atom is 0.354 e. The summed E-state index contributed by atoms with van der Waals surface area (Å²) in [4.78, 5) is 16.7. The Labute approximate surface area is 115 Å². The lowest BCUT2D eigenvalue weighted by Gasteiger charge is -2.20. The number of para-hydroxylation sites is 1. The van der Waals surface area contributed by atoms with E-state index in [9.17, 15) is 4.79 Å². The number of fused-ring (bicyclic) bond motifs is 1. The van der Waals surface area contributed by atoms with E-state index in [4.69, 9.17) is 15.6 Å². The van der Waals surface area contributed by atoms with Crippen LogP contribution in [0.15, 0.2) is 30.3 Å². The second kappa shape index (κ2) is 5.68. The van der Waals surface area contributed by atoms with Gasteiger partial charge in [-0.25, -0.2) is 9.78 Å². The second-order valence-corrected chi connectivity index (χ2v) is 4.02. The Balaban J connectivity index is 2.68. The van der Waals surface area contributed by atoms with Crippen molar-refractivity contribution < 1.29 is 9.90 Å². The maximum absolute atomic E-state index is 11.1. The molecule has 0 fully saturated rings. The van der Waals surface area contributed by atoms with Crippen molar-refractivity contribution in [3.63, 3.8) is 0 Å². The third-order valence-electron chi connectivity index (χ3n) is 2.78. The molecule has 6 nitrogen and oxygen atoms in total. The standard InChI is InChI=1S/C14H10N4O2/c15-5-7-18(8-6-16)13-9-12(14(19)20)17-11-4-2-1-3-10(11)13/h1-4,9H,7-8H2,(H,19,20). The second-order valence-electron chi connectivity index (χ2n) is 4.02. The van der Waals surface area contributed by atoms with E-state index < -0.39 is 5.97 Å².